The zero-order chi connectivity index (χ0) is 22.3. The second kappa shape index (κ2) is 8.21. The van der Waals surface area contributed by atoms with E-state index >= 15 is 0 Å². The zero-order valence-corrected chi connectivity index (χ0v) is 19.7. The molecule has 1 N–H and O–H groups in total. The molecule has 0 radical (unpaired) electrons. The summed E-state index contributed by atoms with van der Waals surface area (Å²) < 4.78 is 6.92. The Bertz CT molecular complexity index is 1200. The minimum atomic E-state index is -0.273. The third-order valence-electron chi connectivity index (χ3n) is 6.17. The molecule has 2 aliphatic rings. The van der Waals surface area contributed by atoms with Crippen molar-refractivity contribution in [1.29, 1.82) is 0 Å². The van der Waals surface area contributed by atoms with Crippen LogP contribution in [0.2, 0.25) is 0 Å². The molecular weight excluding hydrogens is 464 g/mol. The summed E-state index contributed by atoms with van der Waals surface area (Å²) >= 11 is 3.52. The van der Waals surface area contributed by atoms with Gasteiger partial charge < -0.3 is 10.1 Å². The van der Waals surface area contributed by atoms with Crippen molar-refractivity contribution in [2.45, 2.75) is 32.7 Å². The summed E-state index contributed by atoms with van der Waals surface area (Å²) in [5.41, 5.74) is 3.61. The van der Waals surface area contributed by atoms with Crippen molar-refractivity contribution in [3.63, 3.8) is 0 Å². The summed E-state index contributed by atoms with van der Waals surface area (Å²) in [4.78, 5) is 18.3. The lowest BCUT2D eigenvalue weighted by atomic mass is 9.67. The Balaban J connectivity index is 1.52. The van der Waals surface area contributed by atoms with E-state index in [4.69, 9.17) is 9.73 Å². The van der Waals surface area contributed by atoms with E-state index in [-0.39, 0.29) is 23.2 Å². The summed E-state index contributed by atoms with van der Waals surface area (Å²) in [6.07, 6.45) is 1.48. The highest BCUT2D eigenvalue weighted by Gasteiger charge is 2.44. The molecule has 0 aromatic heterocycles. The maximum absolute atomic E-state index is 13.3. The molecule has 162 valence electrons. The molecule has 0 spiro atoms. The Hall–Kier alpha value is -2.92. The number of nitrogens with zero attached hydrogens (tertiary/aromatic N) is 1. The number of nitrogens with one attached hydrogen (secondary N) is 1. The van der Waals surface area contributed by atoms with Gasteiger partial charge in [-0.05, 0) is 81.9 Å². The molecule has 4 nitrogen and oxygen atoms in total. The minimum Gasteiger partial charge on any atom is -0.456 e. The molecule has 3 aromatic carbocycles. The van der Waals surface area contributed by atoms with Gasteiger partial charge in [0, 0.05) is 12.5 Å². The number of hydrogen-bond donors (Lipinski definition) is 1. The van der Waals surface area contributed by atoms with Gasteiger partial charge in [-0.3, -0.25) is 4.79 Å². The number of para-hydroxylation sites is 3. The number of fused-ring (bicyclic) bond motifs is 2. The van der Waals surface area contributed by atoms with Gasteiger partial charge in [-0.25, -0.2) is 4.99 Å². The number of anilines is 1. The number of ketones is 1. The number of Topliss-reactive ketones (excluding diaryl/α,β-unsaturated/α-hetero) is 1. The summed E-state index contributed by atoms with van der Waals surface area (Å²) in [5.74, 6) is 1.47. The Morgan fingerprint density at radius 2 is 1.72 bits per heavy atom. The fourth-order valence-electron chi connectivity index (χ4n) is 4.75. The van der Waals surface area contributed by atoms with Gasteiger partial charge in [0.25, 0.3) is 0 Å². The van der Waals surface area contributed by atoms with Crippen LogP contribution in [0.15, 0.2) is 82.3 Å². The highest BCUT2D eigenvalue weighted by Crippen LogP contribution is 2.43. The van der Waals surface area contributed by atoms with Crippen LogP contribution in [0.5, 0.6) is 11.5 Å². The number of aliphatic imine (C=N–C) groups is 1. The van der Waals surface area contributed by atoms with Crippen molar-refractivity contribution in [3.05, 3.63) is 82.8 Å². The van der Waals surface area contributed by atoms with Crippen molar-refractivity contribution in [2.24, 2.45) is 16.3 Å². The average molecular weight is 489 g/mol. The molecule has 2 atom stereocenters. The van der Waals surface area contributed by atoms with E-state index in [1.807, 2.05) is 72.8 Å². The topological polar surface area (TPSA) is 50.7 Å². The number of carbonyl (C=O) groups is 1. The number of benzene rings is 3. The fourth-order valence-corrected chi connectivity index (χ4v) is 5.12. The Morgan fingerprint density at radius 3 is 2.50 bits per heavy atom. The quantitative estimate of drug-likeness (QED) is 0.425. The molecule has 3 aromatic rings. The predicted molar refractivity (Wildman–Crippen MR) is 132 cm³/mol. The van der Waals surface area contributed by atoms with Gasteiger partial charge in [-0.2, -0.15) is 0 Å². The first-order valence-corrected chi connectivity index (χ1v) is 11.7. The van der Waals surface area contributed by atoms with Crippen LogP contribution >= 0.6 is 15.9 Å². The fraction of sp³-hybridized carbons (Fsp3) is 0.259. The van der Waals surface area contributed by atoms with E-state index < -0.39 is 0 Å². The molecule has 1 aliphatic carbocycles. The molecule has 2 unspecified atom stereocenters. The number of hydrogen-bond acceptors (Lipinski definition) is 4. The van der Waals surface area contributed by atoms with Crippen LogP contribution < -0.4 is 10.1 Å². The maximum Gasteiger partial charge on any atom is 0.144 e. The zero-order valence-electron chi connectivity index (χ0n) is 18.1. The maximum atomic E-state index is 13.3. The summed E-state index contributed by atoms with van der Waals surface area (Å²) in [5, 5.41) is 3.63. The van der Waals surface area contributed by atoms with Crippen LogP contribution in [-0.4, -0.2) is 17.5 Å². The molecule has 0 bridgehead atoms. The summed E-state index contributed by atoms with van der Waals surface area (Å²) in [6.45, 7) is 4.34. The molecule has 0 saturated heterocycles. The van der Waals surface area contributed by atoms with Gasteiger partial charge in [0.1, 0.15) is 17.3 Å². The van der Waals surface area contributed by atoms with Crippen LogP contribution in [0.4, 0.5) is 11.4 Å². The summed E-state index contributed by atoms with van der Waals surface area (Å²) in [6, 6.07) is 23.7. The van der Waals surface area contributed by atoms with Crippen molar-refractivity contribution in [1.82, 2.24) is 0 Å². The standard InChI is InChI=1S/C27H25BrN2O2/c1-27(2)15-22-25(23(31)16-27)26(30-21-9-5-4-8-20(21)29-22)17-11-13-18(14-12-17)32-24-10-6-3-7-19(24)28/h3-14,22,25,29H,15-16H2,1-2H3. The first-order chi connectivity index (χ1) is 15.4. The van der Waals surface area contributed by atoms with E-state index in [0.29, 0.717) is 6.42 Å². The number of rotatable bonds is 3. The van der Waals surface area contributed by atoms with Crippen LogP contribution in [0, 0.1) is 11.3 Å². The van der Waals surface area contributed by atoms with Gasteiger partial charge >= 0.3 is 0 Å². The van der Waals surface area contributed by atoms with E-state index in [1.54, 1.807) is 0 Å². The number of halogens is 1. The van der Waals surface area contributed by atoms with Crippen LogP contribution in [-0.2, 0) is 4.79 Å². The van der Waals surface area contributed by atoms with Gasteiger partial charge in [0.2, 0.25) is 0 Å². The molecule has 1 heterocycles. The van der Waals surface area contributed by atoms with Crippen molar-refractivity contribution in [2.75, 3.05) is 5.32 Å². The molecule has 1 fully saturated rings. The van der Waals surface area contributed by atoms with Crippen LogP contribution in [0.25, 0.3) is 0 Å². The normalized spacial score (nSPS) is 21.5. The first kappa shape index (κ1) is 21.0. The largest absolute Gasteiger partial charge is 0.456 e. The van der Waals surface area contributed by atoms with Crippen LogP contribution in [0.1, 0.15) is 32.3 Å². The minimum absolute atomic E-state index is 0.0184. The molecule has 5 heteroatoms. The monoisotopic (exact) mass is 488 g/mol. The second-order valence-electron chi connectivity index (χ2n) is 9.31. The third kappa shape index (κ3) is 4.09. The van der Waals surface area contributed by atoms with Crippen molar-refractivity contribution in [3.8, 4) is 11.5 Å². The van der Waals surface area contributed by atoms with E-state index in [0.717, 1.165) is 45.0 Å². The SMILES string of the molecule is CC1(C)CC(=O)C2C(c3ccc(Oc4ccccc4Br)cc3)=Nc3ccccc3NC2C1. The Labute approximate surface area is 196 Å². The van der Waals surface area contributed by atoms with Crippen molar-refractivity contribution < 1.29 is 9.53 Å². The van der Waals surface area contributed by atoms with Gasteiger partial charge in [0.15, 0.2) is 0 Å². The van der Waals surface area contributed by atoms with E-state index in [9.17, 15) is 4.79 Å². The van der Waals surface area contributed by atoms with Crippen molar-refractivity contribution >= 4 is 38.8 Å². The Morgan fingerprint density at radius 1 is 1.00 bits per heavy atom. The van der Waals surface area contributed by atoms with Gasteiger partial charge in [0.05, 0.1) is 27.5 Å². The highest BCUT2D eigenvalue weighted by molar-refractivity contribution is 9.10. The first-order valence-electron chi connectivity index (χ1n) is 10.9. The van der Waals surface area contributed by atoms with Crippen LogP contribution in [0.3, 0.4) is 0 Å². The summed E-state index contributed by atoms with van der Waals surface area (Å²) in [7, 11) is 0. The lowest BCUT2D eigenvalue weighted by Crippen LogP contribution is -2.47. The number of ether oxygens (including phenoxy) is 1. The molecule has 0 amide bonds. The molecule has 1 aliphatic heterocycles. The molecule has 5 rings (SSSR count). The predicted octanol–water partition coefficient (Wildman–Crippen LogP) is 7.16. The van der Waals surface area contributed by atoms with E-state index in [2.05, 4.69) is 35.1 Å². The third-order valence-corrected chi connectivity index (χ3v) is 6.82. The Kier molecular flexibility index (Phi) is 5.38. The average Bonchev–Trinajstić information content (AvgIpc) is 2.91. The second-order valence-corrected chi connectivity index (χ2v) is 10.2. The molecule has 1 saturated carbocycles. The lowest BCUT2D eigenvalue weighted by molar-refractivity contribution is -0.125. The molecule has 32 heavy (non-hydrogen) atoms. The molecular formula is C27H25BrN2O2. The van der Waals surface area contributed by atoms with Gasteiger partial charge in [-0.15, -0.1) is 0 Å². The van der Waals surface area contributed by atoms with Gasteiger partial charge in [-0.1, -0.05) is 38.1 Å². The lowest BCUT2D eigenvalue weighted by Gasteiger charge is -2.40. The smallest absolute Gasteiger partial charge is 0.144 e. The number of carbonyl (C=O) groups excluding carboxylic acids is 1. The van der Waals surface area contributed by atoms with E-state index in [1.165, 1.54) is 0 Å². The highest BCUT2D eigenvalue weighted by atomic mass is 79.9.